The minimum absolute atomic E-state index is 0.000412. The molecule has 3 heterocycles. The van der Waals surface area contributed by atoms with Gasteiger partial charge in [0.25, 0.3) is 11.8 Å². The molecule has 2 amide bonds. The van der Waals surface area contributed by atoms with Crippen LogP contribution in [0.3, 0.4) is 0 Å². The number of halogens is 1. The topological polar surface area (TPSA) is 158 Å². The largest absolute Gasteiger partial charge is 0.497 e. The van der Waals surface area contributed by atoms with Gasteiger partial charge in [-0.15, -0.1) is 34.7 Å². The molecule has 4 aromatic carbocycles. The number of amides is 2. The molecule has 7 rings (SSSR count). The number of esters is 2. The highest BCUT2D eigenvalue weighted by Gasteiger charge is 2.54. The maximum Gasteiger partial charge on any atom is 0.355 e. The highest BCUT2D eigenvalue weighted by Crippen LogP contribution is 2.42. The number of aromatic nitrogens is 1. The molecule has 0 bridgehead atoms. The Morgan fingerprint density at radius 2 is 1.48 bits per heavy atom. The summed E-state index contributed by atoms with van der Waals surface area (Å²) in [5.41, 5.74) is 2.25. The van der Waals surface area contributed by atoms with E-state index in [0.717, 1.165) is 22.3 Å². The number of methoxy groups -OCH3 is 1. The predicted molar refractivity (Wildman–Crippen MR) is 239 cm³/mol. The summed E-state index contributed by atoms with van der Waals surface area (Å²) in [6, 6.07) is 35.9. The van der Waals surface area contributed by atoms with Crippen molar-refractivity contribution in [3.63, 3.8) is 0 Å². The van der Waals surface area contributed by atoms with Crippen LogP contribution in [0.15, 0.2) is 137 Å². The van der Waals surface area contributed by atoms with Gasteiger partial charge in [0.2, 0.25) is 6.61 Å². The molecule has 1 unspecified atom stereocenters. The second-order valence-corrected chi connectivity index (χ2v) is 17.4. The Kier molecular flexibility index (Phi) is 13.6. The number of fused-ring (bicyclic) bond motifs is 1. The van der Waals surface area contributed by atoms with E-state index in [1.54, 1.807) is 57.5 Å². The van der Waals surface area contributed by atoms with E-state index in [9.17, 15) is 19.2 Å². The van der Waals surface area contributed by atoms with Crippen LogP contribution in [0.5, 0.6) is 5.75 Å². The molecule has 5 aromatic rings. The van der Waals surface area contributed by atoms with E-state index >= 15 is 0 Å². The first-order chi connectivity index (χ1) is 29.9. The van der Waals surface area contributed by atoms with E-state index in [0.29, 0.717) is 22.2 Å². The third-order valence-electron chi connectivity index (χ3n) is 9.85. The van der Waals surface area contributed by atoms with Crippen molar-refractivity contribution < 1.29 is 38.2 Å². The fourth-order valence-corrected chi connectivity index (χ4v) is 9.46. The van der Waals surface area contributed by atoms with Crippen molar-refractivity contribution in [2.75, 3.05) is 30.7 Å². The fraction of sp³-hybridized carbons (Fsp3) is 0.261. The van der Waals surface area contributed by atoms with E-state index in [1.165, 1.54) is 28.0 Å². The molecule has 62 heavy (non-hydrogen) atoms. The van der Waals surface area contributed by atoms with Crippen molar-refractivity contribution in [2.24, 2.45) is 5.16 Å². The van der Waals surface area contributed by atoms with Gasteiger partial charge in [0.1, 0.15) is 46.3 Å². The van der Waals surface area contributed by atoms with Crippen LogP contribution in [0.25, 0.3) is 0 Å². The number of hydrogen-bond donors (Lipinski definition) is 2. The fourth-order valence-electron chi connectivity index (χ4n) is 7.03. The first kappa shape index (κ1) is 43.9. The van der Waals surface area contributed by atoms with Crippen LogP contribution >= 0.6 is 34.7 Å². The molecule has 1 fully saturated rings. The van der Waals surface area contributed by atoms with Crippen LogP contribution in [0.1, 0.15) is 48.7 Å². The van der Waals surface area contributed by atoms with Gasteiger partial charge >= 0.3 is 11.9 Å². The van der Waals surface area contributed by atoms with E-state index < -0.39 is 52.9 Å². The first-order valence-electron chi connectivity index (χ1n) is 19.6. The van der Waals surface area contributed by atoms with Gasteiger partial charge in [-0.3, -0.25) is 14.5 Å². The lowest BCUT2D eigenvalue weighted by Gasteiger charge is -2.49. The number of carbonyl (C=O) groups is 4. The number of benzene rings is 4. The zero-order chi connectivity index (χ0) is 43.9. The summed E-state index contributed by atoms with van der Waals surface area (Å²) in [4.78, 5) is 65.8. The van der Waals surface area contributed by atoms with Crippen LogP contribution in [0, 0.1) is 0 Å². The quantitative estimate of drug-likeness (QED) is 0.0257. The maximum absolute atomic E-state index is 14.3. The Balaban J connectivity index is 1.15. The Labute approximate surface area is 372 Å². The zero-order valence-electron chi connectivity index (χ0n) is 34.3. The number of nitrogens with zero attached hydrogens (tertiary/aromatic N) is 3. The lowest BCUT2D eigenvalue weighted by Crippen LogP contribution is -2.71. The van der Waals surface area contributed by atoms with Gasteiger partial charge in [-0.1, -0.05) is 108 Å². The molecule has 16 heteroatoms. The standard InChI is InChI=1S/C46H44ClN5O8S2/c1-45(2,3)60-36(53)26-59-51-37(35-28-62-44(48-35)50-46(31-14-8-5-9-15-31,32-16-10-6-11-17-32)33-18-12-7-13-19-33)40(54)49-38-41(55)52-39(30(24-47)27-61-42(38)52)43(56)58-25-29-20-22-34(57-4)23-21-29/h5-23,28,38,42H,24-27H2,1-4H3,(H,48,50)(H,49,54)/b51-37-/t38?,42-/m0/s1. The van der Waals surface area contributed by atoms with Crippen molar-refractivity contribution >= 4 is 69.3 Å². The van der Waals surface area contributed by atoms with Crippen molar-refractivity contribution in [1.82, 2.24) is 15.2 Å². The Bertz CT molecular complexity index is 2360. The van der Waals surface area contributed by atoms with E-state index in [1.807, 2.05) is 91.0 Å². The molecule has 2 N–H and O–H groups in total. The Morgan fingerprint density at radius 1 is 0.887 bits per heavy atom. The average molecular weight is 894 g/mol. The Hall–Kier alpha value is -6.16. The molecule has 320 valence electrons. The van der Waals surface area contributed by atoms with Gasteiger partial charge in [-0.25, -0.2) is 14.6 Å². The third-order valence-corrected chi connectivity index (χ3v) is 12.3. The summed E-state index contributed by atoms with van der Waals surface area (Å²) < 4.78 is 16.2. The molecule has 13 nitrogen and oxygen atoms in total. The zero-order valence-corrected chi connectivity index (χ0v) is 36.7. The van der Waals surface area contributed by atoms with Crippen LogP contribution in [-0.4, -0.2) is 81.7 Å². The maximum atomic E-state index is 14.3. The molecular weight excluding hydrogens is 850 g/mol. The number of hydrogen-bond acceptors (Lipinski definition) is 13. The lowest BCUT2D eigenvalue weighted by atomic mass is 9.77. The first-order valence-corrected chi connectivity index (χ1v) is 22.0. The van der Waals surface area contributed by atoms with Gasteiger partial charge < -0.3 is 29.7 Å². The number of alkyl halides is 1. The van der Waals surface area contributed by atoms with E-state index in [-0.39, 0.29) is 29.6 Å². The molecule has 0 radical (unpaired) electrons. The lowest BCUT2D eigenvalue weighted by molar-refractivity contribution is -0.160. The number of thiazole rings is 1. The molecular formula is C46H44ClN5O8S2. The molecule has 0 saturated carbocycles. The summed E-state index contributed by atoms with van der Waals surface area (Å²) in [6.45, 7) is 4.52. The summed E-state index contributed by atoms with van der Waals surface area (Å²) in [6.07, 6.45) is 0. The molecule has 0 spiro atoms. The van der Waals surface area contributed by atoms with Crippen molar-refractivity contribution in [3.8, 4) is 5.75 Å². The summed E-state index contributed by atoms with van der Waals surface area (Å²) in [5, 5.41) is 12.0. The molecule has 2 aliphatic heterocycles. The second kappa shape index (κ2) is 19.3. The molecule has 2 aliphatic rings. The summed E-state index contributed by atoms with van der Waals surface area (Å²) in [5.74, 6) is -1.76. The average Bonchev–Trinajstić information content (AvgIpc) is 3.75. The number of oxime groups is 1. The van der Waals surface area contributed by atoms with Crippen molar-refractivity contribution in [2.45, 2.75) is 49.9 Å². The Morgan fingerprint density at radius 3 is 2.03 bits per heavy atom. The molecule has 1 saturated heterocycles. The predicted octanol–water partition coefficient (Wildman–Crippen LogP) is 7.25. The van der Waals surface area contributed by atoms with Gasteiger partial charge in [-0.2, -0.15) is 0 Å². The highest BCUT2D eigenvalue weighted by atomic mass is 35.5. The minimum atomic E-state index is -1.05. The number of ether oxygens (including phenoxy) is 3. The van der Waals surface area contributed by atoms with Crippen LogP contribution in [0.2, 0.25) is 0 Å². The number of nitrogens with one attached hydrogen (secondary N) is 2. The second-order valence-electron chi connectivity index (χ2n) is 15.2. The van der Waals surface area contributed by atoms with E-state index in [2.05, 4.69) is 15.8 Å². The monoisotopic (exact) mass is 893 g/mol. The van der Waals surface area contributed by atoms with Crippen molar-refractivity contribution in [3.05, 3.63) is 160 Å². The molecule has 2 atom stereocenters. The van der Waals surface area contributed by atoms with E-state index in [4.69, 9.17) is 35.6 Å². The highest BCUT2D eigenvalue weighted by molar-refractivity contribution is 8.00. The van der Waals surface area contributed by atoms with Gasteiger partial charge in [0.05, 0.1) is 7.11 Å². The van der Waals surface area contributed by atoms with Crippen LogP contribution in [-0.2, 0) is 45.6 Å². The SMILES string of the molecule is COc1ccc(COC(=O)C2=C(CCl)CS[C@H]3C(NC(=O)/C(=N\OCC(=O)OC(C)(C)C)c4csc(NC(c5ccccc5)(c5ccccc5)c5ccccc5)n4)C(=O)N23)cc1. The number of carbonyl (C=O) groups excluding carboxylic acids is 4. The van der Waals surface area contributed by atoms with Crippen LogP contribution in [0.4, 0.5) is 5.13 Å². The van der Waals surface area contributed by atoms with Gasteiger partial charge in [0, 0.05) is 17.0 Å². The molecule has 1 aromatic heterocycles. The number of β-lactam (4-membered cyclic amide) rings is 1. The van der Waals surface area contributed by atoms with Gasteiger partial charge in [0.15, 0.2) is 10.8 Å². The summed E-state index contributed by atoms with van der Waals surface area (Å²) >= 11 is 8.85. The summed E-state index contributed by atoms with van der Waals surface area (Å²) in [7, 11) is 1.56. The van der Waals surface area contributed by atoms with Crippen molar-refractivity contribution in [1.29, 1.82) is 0 Å². The number of thioether (sulfide) groups is 1. The van der Waals surface area contributed by atoms with Crippen LogP contribution < -0.4 is 15.4 Å². The number of anilines is 1. The normalized spacial score (nSPS) is 16.4. The molecule has 0 aliphatic carbocycles. The number of rotatable bonds is 16. The minimum Gasteiger partial charge on any atom is -0.497 e. The smallest absolute Gasteiger partial charge is 0.355 e. The van der Waals surface area contributed by atoms with Gasteiger partial charge in [-0.05, 0) is 60.7 Å². The third kappa shape index (κ3) is 9.65.